The largest absolute Gasteiger partial charge is 0.492 e. The van der Waals surface area contributed by atoms with Crippen molar-refractivity contribution in [2.24, 2.45) is 0 Å². The molecular weight excluding hydrogens is 528 g/mol. The van der Waals surface area contributed by atoms with Crippen LogP contribution in [0.4, 0.5) is 0 Å². The first kappa shape index (κ1) is 31.5. The lowest BCUT2D eigenvalue weighted by Crippen LogP contribution is -2.64. The Kier molecular flexibility index (Phi) is 11.7. The summed E-state index contributed by atoms with van der Waals surface area (Å²) in [6.07, 6.45) is -7.97. The van der Waals surface area contributed by atoms with E-state index in [1.165, 1.54) is 19.3 Å². The van der Waals surface area contributed by atoms with Crippen LogP contribution in [0, 0.1) is 0 Å². The van der Waals surface area contributed by atoms with E-state index in [2.05, 4.69) is 0 Å². The fourth-order valence-electron chi connectivity index (χ4n) is 3.87. The molecule has 2 aliphatic heterocycles. The van der Waals surface area contributed by atoms with Crippen LogP contribution in [0.1, 0.15) is 41.5 Å². The molecule has 1 fully saturated rings. The summed E-state index contributed by atoms with van der Waals surface area (Å²) in [6, 6.07) is 0. The molecule has 218 valence electrons. The van der Waals surface area contributed by atoms with Crippen LogP contribution in [-0.4, -0.2) is 98.0 Å². The van der Waals surface area contributed by atoms with Crippen LogP contribution >= 0.6 is 0 Å². The first-order chi connectivity index (χ1) is 18.3. The summed E-state index contributed by atoms with van der Waals surface area (Å²) in [5, 5.41) is 0. The van der Waals surface area contributed by atoms with E-state index in [1.807, 2.05) is 0 Å². The Balaban J connectivity index is 2.52. The van der Waals surface area contributed by atoms with E-state index in [9.17, 15) is 28.8 Å². The topological polar surface area (TPSA) is 185 Å². The second-order valence-corrected chi connectivity index (χ2v) is 8.55. The van der Waals surface area contributed by atoms with E-state index in [-0.39, 0.29) is 6.61 Å². The molecule has 0 saturated carbocycles. The first-order valence-corrected chi connectivity index (χ1v) is 11.9. The molecule has 15 heteroatoms. The second kappa shape index (κ2) is 14.4. The van der Waals surface area contributed by atoms with Crippen LogP contribution in [0.25, 0.3) is 0 Å². The van der Waals surface area contributed by atoms with Crippen LogP contribution in [0.5, 0.6) is 0 Å². The molecule has 0 spiro atoms. The number of rotatable bonds is 10. The molecule has 2 heterocycles. The molecule has 0 aromatic heterocycles. The summed E-state index contributed by atoms with van der Waals surface area (Å²) in [5.41, 5.74) is 0. The van der Waals surface area contributed by atoms with Gasteiger partial charge in [0, 0.05) is 41.5 Å². The summed E-state index contributed by atoms with van der Waals surface area (Å²) in [4.78, 5) is 70.6. The van der Waals surface area contributed by atoms with Crippen molar-refractivity contribution in [2.75, 3.05) is 13.2 Å². The zero-order valence-corrected chi connectivity index (χ0v) is 22.3. The van der Waals surface area contributed by atoms with Gasteiger partial charge in [0.15, 0.2) is 36.8 Å². The lowest BCUT2D eigenvalue weighted by Gasteiger charge is -2.46. The second-order valence-electron chi connectivity index (χ2n) is 8.55. The fourth-order valence-corrected chi connectivity index (χ4v) is 3.87. The molecule has 0 amide bonds. The van der Waals surface area contributed by atoms with Crippen LogP contribution < -0.4 is 0 Å². The maximum absolute atomic E-state index is 12.0. The van der Waals surface area contributed by atoms with Gasteiger partial charge >= 0.3 is 35.8 Å². The van der Waals surface area contributed by atoms with Crippen molar-refractivity contribution in [3.8, 4) is 0 Å². The van der Waals surface area contributed by atoms with E-state index in [1.54, 1.807) is 0 Å². The summed E-state index contributed by atoms with van der Waals surface area (Å²) in [6.45, 7) is 5.92. The van der Waals surface area contributed by atoms with Crippen molar-refractivity contribution in [3.05, 3.63) is 12.3 Å². The fraction of sp³-hybridized carbons (Fsp3) is 0.667. The maximum atomic E-state index is 12.0. The van der Waals surface area contributed by atoms with Gasteiger partial charge in [-0.05, 0) is 6.08 Å². The summed E-state index contributed by atoms with van der Waals surface area (Å²) < 4.78 is 49.0. The van der Waals surface area contributed by atoms with Crippen molar-refractivity contribution in [3.63, 3.8) is 0 Å². The molecule has 0 radical (unpaired) electrons. The Bertz CT molecular complexity index is 959. The molecule has 2 rings (SSSR count). The molecule has 39 heavy (non-hydrogen) atoms. The predicted molar refractivity (Wildman–Crippen MR) is 123 cm³/mol. The Morgan fingerprint density at radius 1 is 0.590 bits per heavy atom. The standard InChI is InChI=1S/C24H32O15/c1-11(25)32-9-18-20(17(7-8-31-18)34-13(3)27)39-24-23(37-16(6)30)22(36-15(5)29)21(35-14(4)28)19(38-24)10-33-12(2)26/h7-8,17-24H,9-10H2,1-6H3/t17-,18-,19-,20+,21-,22+,23-,24-/m1/s1. The average molecular weight is 561 g/mol. The van der Waals surface area contributed by atoms with Gasteiger partial charge in [-0.1, -0.05) is 0 Å². The Morgan fingerprint density at radius 3 is 1.59 bits per heavy atom. The Hall–Kier alpha value is -3.72. The highest BCUT2D eigenvalue weighted by molar-refractivity contribution is 5.69. The average Bonchev–Trinajstić information content (AvgIpc) is 2.80. The summed E-state index contributed by atoms with van der Waals surface area (Å²) in [7, 11) is 0. The van der Waals surface area contributed by atoms with Gasteiger partial charge in [0.2, 0.25) is 0 Å². The van der Waals surface area contributed by atoms with Crippen molar-refractivity contribution < 1.29 is 71.4 Å². The number of esters is 6. The molecule has 0 bridgehead atoms. The van der Waals surface area contributed by atoms with Gasteiger partial charge in [0.05, 0.1) is 6.26 Å². The van der Waals surface area contributed by atoms with Gasteiger partial charge in [-0.25, -0.2) is 0 Å². The summed E-state index contributed by atoms with van der Waals surface area (Å²) in [5.74, 6) is -4.43. The molecule has 0 unspecified atom stereocenters. The normalized spacial score (nSPS) is 29.7. The highest BCUT2D eigenvalue weighted by Crippen LogP contribution is 2.32. The third kappa shape index (κ3) is 9.83. The molecule has 0 aromatic rings. The van der Waals surface area contributed by atoms with Crippen molar-refractivity contribution in [2.45, 2.75) is 90.6 Å². The molecule has 0 aromatic carbocycles. The van der Waals surface area contributed by atoms with Gasteiger partial charge in [-0.2, -0.15) is 0 Å². The van der Waals surface area contributed by atoms with Crippen molar-refractivity contribution in [1.29, 1.82) is 0 Å². The predicted octanol–water partition coefficient (Wildman–Crippen LogP) is -0.138. The Labute approximate surface area is 223 Å². The van der Waals surface area contributed by atoms with Gasteiger partial charge < -0.3 is 42.6 Å². The Morgan fingerprint density at radius 2 is 1.08 bits per heavy atom. The number of ether oxygens (including phenoxy) is 9. The maximum Gasteiger partial charge on any atom is 0.303 e. The van der Waals surface area contributed by atoms with E-state index in [4.69, 9.17) is 42.6 Å². The zero-order chi connectivity index (χ0) is 29.3. The zero-order valence-electron chi connectivity index (χ0n) is 22.3. The van der Waals surface area contributed by atoms with Crippen molar-refractivity contribution in [1.82, 2.24) is 0 Å². The highest BCUT2D eigenvalue weighted by Gasteiger charge is 2.54. The minimum absolute atomic E-state index is 0.326. The van der Waals surface area contributed by atoms with Crippen LogP contribution in [-0.2, 0) is 71.4 Å². The van der Waals surface area contributed by atoms with Crippen LogP contribution in [0.2, 0.25) is 0 Å². The number of carbonyl (C=O) groups excluding carboxylic acids is 6. The van der Waals surface area contributed by atoms with Gasteiger partial charge in [0.1, 0.15) is 25.4 Å². The molecule has 0 N–H and O–H groups in total. The van der Waals surface area contributed by atoms with Gasteiger partial charge in [0.25, 0.3) is 0 Å². The minimum atomic E-state index is -1.58. The SMILES string of the molecule is CC(=O)OC[C@H]1O[C@H](O[C@H]2[C@H](OC(C)=O)C=CO[C@@H]2COC(C)=O)[C@H](OC(C)=O)[C@@H](OC(C)=O)[C@@H]1OC(C)=O. The summed E-state index contributed by atoms with van der Waals surface area (Å²) >= 11 is 0. The van der Waals surface area contributed by atoms with Gasteiger partial charge in [-0.15, -0.1) is 0 Å². The van der Waals surface area contributed by atoms with Crippen LogP contribution in [0.15, 0.2) is 12.3 Å². The lowest BCUT2D eigenvalue weighted by atomic mass is 9.97. The van der Waals surface area contributed by atoms with Crippen LogP contribution in [0.3, 0.4) is 0 Å². The van der Waals surface area contributed by atoms with E-state index < -0.39 is 91.4 Å². The quantitative estimate of drug-likeness (QED) is 0.254. The first-order valence-electron chi connectivity index (χ1n) is 11.9. The lowest BCUT2D eigenvalue weighted by molar-refractivity contribution is -0.328. The third-order valence-corrected chi connectivity index (χ3v) is 5.20. The highest BCUT2D eigenvalue weighted by atomic mass is 16.7. The third-order valence-electron chi connectivity index (χ3n) is 5.20. The van der Waals surface area contributed by atoms with E-state index in [0.717, 1.165) is 34.6 Å². The molecule has 8 atom stereocenters. The monoisotopic (exact) mass is 560 g/mol. The molecule has 2 aliphatic rings. The number of hydrogen-bond acceptors (Lipinski definition) is 15. The molecular formula is C24H32O15. The van der Waals surface area contributed by atoms with E-state index in [0.29, 0.717) is 0 Å². The molecule has 0 aliphatic carbocycles. The van der Waals surface area contributed by atoms with E-state index >= 15 is 0 Å². The van der Waals surface area contributed by atoms with Gasteiger partial charge in [-0.3, -0.25) is 28.8 Å². The molecule has 15 nitrogen and oxygen atoms in total. The smallest absolute Gasteiger partial charge is 0.303 e. The number of hydrogen-bond donors (Lipinski definition) is 0. The van der Waals surface area contributed by atoms with Crippen molar-refractivity contribution >= 4 is 35.8 Å². The molecule has 1 saturated heterocycles. The number of carbonyl (C=O) groups is 6. The minimum Gasteiger partial charge on any atom is -0.492 e.